The minimum Gasteiger partial charge on any atom is -0.360 e. The minimum atomic E-state index is -4.65. The third kappa shape index (κ3) is 3.63. The van der Waals surface area contributed by atoms with E-state index >= 15 is 0 Å². The molecule has 0 spiro atoms. The Hall–Kier alpha value is -2.40. The number of piperazine rings is 1. The quantitative estimate of drug-likeness (QED) is 0.766. The molecule has 1 aliphatic rings. The van der Waals surface area contributed by atoms with Gasteiger partial charge in [-0.1, -0.05) is 17.3 Å². The number of sulfonamides is 1. The maximum atomic E-state index is 13.2. The summed E-state index contributed by atoms with van der Waals surface area (Å²) in [6, 6.07) is 4.55. The first kappa shape index (κ1) is 20.3. The SMILES string of the molecule is Cc1noc(C)c1S(=O)(=O)N1CCN(C(=O)c2ccccc2C(F)(F)F)CC1. The molecule has 0 saturated carbocycles. The number of hydrogen-bond donors (Lipinski definition) is 0. The fourth-order valence-corrected chi connectivity index (χ4v) is 4.90. The summed E-state index contributed by atoms with van der Waals surface area (Å²) in [7, 11) is -3.87. The fourth-order valence-electron chi connectivity index (χ4n) is 3.19. The first-order chi connectivity index (χ1) is 13.0. The molecule has 1 fully saturated rings. The van der Waals surface area contributed by atoms with Gasteiger partial charge in [-0.15, -0.1) is 0 Å². The van der Waals surface area contributed by atoms with Crippen LogP contribution in [0.2, 0.25) is 0 Å². The highest BCUT2D eigenvalue weighted by Gasteiger charge is 2.38. The fraction of sp³-hybridized carbons (Fsp3) is 0.412. The first-order valence-electron chi connectivity index (χ1n) is 8.42. The monoisotopic (exact) mass is 417 g/mol. The summed E-state index contributed by atoms with van der Waals surface area (Å²) in [4.78, 5) is 13.8. The standard InChI is InChI=1S/C17H18F3N3O4S/c1-11-15(12(2)27-21-11)28(25,26)23-9-7-22(8-10-23)16(24)13-5-3-4-6-14(13)17(18,19)20/h3-6H,7-10H2,1-2H3. The number of halogens is 3. The van der Waals surface area contributed by atoms with Gasteiger partial charge in [-0.25, -0.2) is 8.42 Å². The van der Waals surface area contributed by atoms with Crippen LogP contribution in [0.3, 0.4) is 0 Å². The maximum Gasteiger partial charge on any atom is 0.417 e. The van der Waals surface area contributed by atoms with Crippen molar-refractivity contribution in [1.82, 2.24) is 14.4 Å². The van der Waals surface area contributed by atoms with Crippen molar-refractivity contribution in [2.24, 2.45) is 0 Å². The van der Waals surface area contributed by atoms with Gasteiger partial charge in [-0.2, -0.15) is 17.5 Å². The smallest absolute Gasteiger partial charge is 0.360 e. The zero-order valence-electron chi connectivity index (χ0n) is 15.2. The lowest BCUT2D eigenvalue weighted by Gasteiger charge is -2.34. The van der Waals surface area contributed by atoms with E-state index in [4.69, 9.17) is 4.52 Å². The van der Waals surface area contributed by atoms with Gasteiger partial charge >= 0.3 is 6.18 Å². The van der Waals surface area contributed by atoms with Gasteiger partial charge in [-0.05, 0) is 26.0 Å². The summed E-state index contributed by atoms with van der Waals surface area (Å²) < 4.78 is 71.1. The summed E-state index contributed by atoms with van der Waals surface area (Å²) in [5, 5.41) is 3.64. The van der Waals surface area contributed by atoms with Crippen LogP contribution in [0, 0.1) is 13.8 Å². The second kappa shape index (κ2) is 7.21. The summed E-state index contributed by atoms with van der Waals surface area (Å²) in [6.45, 7) is 2.89. The van der Waals surface area contributed by atoms with Gasteiger partial charge in [-0.3, -0.25) is 4.79 Å². The Morgan fingerprint density at radius 1 is 1.11 bits per heavy atom. The predicted molar refractivity (Wildman–Crippen MR) is 92.1 cm³/mol. The second-order valence-corrected chi connectivity index (χ2v) is 8.27. The largest absolute Gasteiger partial charge is 0.417 e. The summed E-state index contributed by atoms with van der Waals surface area (Å²) >= 11 is 0. The highest BCUT2D eigenvalue weighted by atomic mass is 32.2. The Bertz CT molecular complexity index is 974. The number of benzene rings is 1. The van der Waals surface area contributed by atoms with E-state index in [2.05, 4.69) is 5.16 Å². The number of alkyl halides is 3. The van der Waals surface area contributed by atoms with Crippen molar-refractivity contribution in [2.75, 3.05) is 26.2 Å². The van der Waals surface area contributed by atoms with E-state index in [0.717, 1.165) is 12.1 Å². The van der Waals surface area contributed by atoms with Gasteiger partial charge in [0.1, 0.15) is 10.6 Å². The van der Waals surface area contributed by atoms with Gasteiger partial charge < -0.3 is 9.42 Å². The summed E-state index contributed by atoms with van der Waals surface area (Å²) in [5.74, 6) is -0.613. The molecular formula is C17H18F3N3O4S. The molecule has 1 aliphatic heterocycles. The molecule has 1 aromatic carbocycles. The molecule has 11 heteroatoms. The number of rotatable bonds is 3. The van der Waals surface area contributed by atoms with Crippen molar-refractivity contribution < 1.29 is 30.9 Å². The van der Waals surface area contributed by atoms with E-state index in [1.54, 1.807) is 0 Å². The molecule has 152 valence electrons. The van der Waals surface area contributed by atoms with Gasteiger partial charge in [0.15, 0.2) is 5.76 Å². The Kier molecular flexibility index (Phi) is 5.24. The highest BCUT2D eigenvalue weighted by Crippen LogP contribution is 2.32. The van der Waals surface area contributed by atoms with Gasteiger partial charge in [0.05, 0.1) is 11.1 Å². The number of nitrogens with zero attached hydrogens (tertiary/aromatic N) is 3. The molecule has 0 aliphatic carbocycles. The highest BCUT2D eigenvalue weighted by molar-refractivity contribution is 7.89. The van der Waals surface area contributed by atoms with Crippen molar-refractivity contribution in [2.45, 2.75) is 24.9 Å². The minimum absolute atomic E-state index is 0.0188. The molecule has 28 heavy (non-hydrogen) atoms. The molecule has 3 rings (SSSR count). The first-order valence-corrected chi connectivity index (χ1v) is 9.86. The molecule has 1 aromatic heterocycles. The lowest BCUT2D eigenvalue weighted by atomic mass is 10.1. The molecule has 7 nitrogen and oxygen atoms in total. The number of aromatic nitrogens is 1. The Morgan fingerprint density at radius 3 is 2.25 bits per heavy atom. The molecule has 0 radical (unpaired) electrons. The van der Waals surface area contributed by atoms with Crippen LogP contribution >= 0.6 is 0 Å². The molecule has 1 saturated heterocycles. The summed E-state index contributed by atoms with van der Waals surface area (Å²) in [6.07, 6.45) is -4.65. The predicted octanol–water partition coefficient (Wildman–Crippen LogP) is 2.46. The van der Waals surface area contributed by atoms with Crippen LogP contribution in [0.15, 0.2) is 33.7 Å². The molecule has 0 atom stereocenters. The van der Waals surface area contributed by atoms with E-state index in [0.29, 0.717) is 0 Å². The number of carbonyl (C=O) groups excluding carboxylic acids is 1. The van der Waals surface area contributed by atoms with Crippen LogP contribution < -0.4 is 0 Å². The Balaban J connectivity index is 1.77. The average molecular weight is 417 g/mol. The van der Waals surface area contributed by atoms with E-state index in [1.807, 2.05) is 0 Å². The second-order valence-electron chi connectivity index (χ2n) is 6.39. The van der Waals surface area contributed by atoms with Crippen molar-refractivity contribution in [3.8, 4) is 0 Å². The van der Waals surface area contributed by atoms with E-state index in [-0.39, 0.29) is 42.5 Å². The number of hydrogen-bond acceptors (Lipinski definition) is 5. The third-order valence-corrected chi connectivity index (χ3v) is 6.70. The molecular weight excluding hydrogens is 399 g/mol. The number of carbonyl (C=O) groups is 1. The van der Waals surface area contributed by atoms with Gasteiger partial charge in [0.2, 0.25) is 10.0 Å². The van der Waals surface area contributed by atoms with E-state index in [9.17, 15) is 26.4 Å². The molecule has 0 unspecified atom stereocenters. The van der Waals surface area contributed by atoms with Crippen LogP contribution in [-0.2, 0) is 16.2 Å². The van der Waals surface area contributed by atoms with Crippen LogP contribution in [0.1, 0.15) is 27.4 Å². The lowest BCUT2D eigenvalue weighted by Crippen LogP contribution is -2.50. The molecule has 0 bridgehead atoms. The number of amides is 1. The lowest BCUT2D eigenvalue weighted by molar-refractivity contribution is -0.138. The van der Waals surface area contributed by atoms with Gasteiger partial charge in [0.25, 0.3) is 5.91 Å². The van der Waals surface area contributed by atoms with Crippen molar-refractivity contribution in [1.29, 1.82) is 0 Å². The van der Waals surface area contributed by atoms with E-state index < -0.39 is 33.2 Å². The topological polar surface area (TPSA) is 83.7 Å². The Labute approximate surface area is 159 Å². The van der Waals surface area contributed by atoms with E-state index in [1.165, 1.54) is 35.2 Å². The zero-order chi connectivity index (χ0) is 20.7. The van der Waals surface area contributed by atoms with Crippen LogP contribution in [0.4, 0.5) is 13.2 Å². The number of aryl methyl sites for hydroxylation is 2. The van der Waals surface area contributed by atoms with Crippen LogP contribution in [-0.4, -0.2) is 54.9 Å². The third-order valence-electron chi connectivity index (χ3n) is 4.55. The Morgan fingerprint density at radius 2 is 1.71 bits per heavy atom. The van der Waals surface area contributed by atoms with Gasteiger partial charge in [0, 0.05) is 26.2 Å². The normalized spacial score (nSPS) is 16.4. The zero-order valence-corrected chi connectivity index (χ0v) is 16.0. The molecule has 2 heterocycles. The maximum absolute atomic E-state index is 13.2. The van der Waals surface area contributed by atoms with Crippen molar-refractivity contribution in [3.63, 3.8) is 0 Å². The molecule has 2 aromatic rings. The average Bonchev–Trinajstić information content (AvgIpc) is 2.99. The van der Waals surface area contributed by atoms with Crippen molar-refractivity contribution in [3.05, 3.63) is 46.8 Å². The van der Waals surface area contributed by atoms with Crippen molar-refractivity contribution >= 4 is 15.9 Å². The molecule has 1 amide bonds. The molecule has 0 N–H and O–H groups in total. The summed E-state index contributed by atoms with van der Waals surface area (Å²) in [5.41, 5.74) is -1.22. The van der Waals surface area contributed by atoms with Crippen LogP contribution in [0.25, 0.3) is 0 Å². The van der Waals surface area contributed by atoms with Crippen LogP contribution in [0.5, 0.6) is 0 Å².